The summed E-state index contributed by atoms with van der Waals surface area (Å²) in [4.78, 5) is 31.9. The second-order valence-electron chi connectivity index (χ2n) is 7.83. The maximum absolute atomic E-state index is 13.7. The summed E-state index contributed by atoms with van der Waals surface area (Å²) in [6.07, 6.45) is 1.44. The third-order valence-corrected chi connectivity index (χ3v) is 6.18. The molecule has 3 aromatic rings. The molecule has 0 fully saturated rings. The third kappa shape index (κ3) is 3.73. The molecule has 0 amide bonds. The molecule has 3 rings (SSSR count). The van der Waals surface area contributed by atoms with E-state index in [1.807, 2.05) is 18.4 Å². The molecule has 0 spiro atoms. The smallest absolute Gasteiger partial charge is 0.331 e. The van der Waals surface area contributed by atoms with Crippen molar-refractivity contribution in [2.75, 3.05) is 6.61 Å². The van der Waals surface area contributed by atoms with Crippen LogP contribution in [0.4, 0.5) is 0 Å². The van der Waals surface area contributed by atoms with Crippen LogP contribution < -0.4 is 5.56 Å². The van der Waals surface area contributed by atoms with Crippen LogP contribution in [0, 0.1) is 13.8 Å². The maximum atomic E-state index is 13.7. The molecule has 6 heteroatoms. The predicted octanol–water partition coefficient (Wildman–Crippen LogP) is 4.99. The number of esters is 1. The van der Waals surface area contributed by atoms with Crippen molar-refractivity contribution in [3.63, 3.8) is 0 Å². The summed E-state index contributed by atoms with van der Waals surface area (Å²) in [5, 5.41) is 2.55. The number of nitrogens with zero attached hydrogens (tertiary/aromatic N) is 2. The van der Waals surface area contributed by atoms with Gasteiger partial charge in [-0.2, -0.15) is 0 Å². The number of aryl methyl sites for hydroxylation is 3. The number of aromatic nitrogens is 2. The summed E-state index contributed by atoms with van der Waals surface area (Å²) in [5.41, 5.74) is 2.90. The number of thiophene rings is 1. The van der Waals surface area contributed by atoms with Crippen LogP contribution >= 0.6 is 11.3 Å². The maximum Gasteiger partial charge on any atom is 0.331 e. The van der Waals surface area contributed by atoms with E-state index in [-0.39, 0.29) is 12.2 Å². The van der Waals surface area contributed by atoms with Crippen LogP contribution in [0.2, 0.25) is 0 Å². The SMILES string of the molecule is CCCc1nc2scc(-c3ccc(C)c(C)c3)c2c(=O)n1C(C)(C)C(=O)OCC. The predicted molar refractivity (Wildman–Crippen MR) is 119 cm³/mol. The average molecular weight is 413 g/mol. The zero-order valence-corrected chi connectivity index (χ0v) is 18.8. The summed E-state index contributed by atoms with van der Waals surface area (Å²) in [6.45, 7) is 11.6. The summed E-state index contributed by atoms with van der Waals surface area (Å²) >= 11 is 1.47. The van der Waals surface area contributed by atoms with Crippen LogP contribution in [0.3, 0.4) is 0 Å². The molecule has 0 unspecified atom stereocenters. The normalized spacial score (nSPS) is 11.8. The first-order valence-corrected chi connectivity index (χ1v) is 10.9. The van der Waals surface area contributed by atoms with E-state index in [0.717, 1.165) is 17.5 Å². The van der Waals surface area contributed by atoms with E-state index in [9.17, 15) is 9.59 Å². The van der Waals surface area contributed by atoms with Gasteiger partial charge in [-0.3, -0.25) is 9.36 Å². The number of hydrogen-bond donors (Lipinski definition) is 0. The van der Waals surface area contributed by atoms with Crippen LogP contribution in [0.25, 0.3) is 21.3 Å². The minimum absolute atomic E-state index is 0.189. The standard InChI is InChI=1S/C23H28N2O3S/c1-7-9-18-24-20-19(21(26)25(18)23(5,6)22(27)28-8-2)17(13-29-20)16-11-10-14(3)15(4)12-16/h10-13H,7-9H2,1-6H3. The Hall–Kier alpha value is -2.47. The fraction of sp³-hybridized carbons (Fsp3) is 0.435. The minimum Gasteiger partial charge on any atom is -0.464 e. The van der Waals surface area contributed by atoms with Gasteiger partial charge in [0.1, 0.15) is 16.2 Å². The van der Waals surface area contributed by atoms with Crippen molar-refractivity contribution < 1.29 is 9.53 Å². The Morgan fingerprint density at radius 3 is 2.55 bits per heavy atom. The third-order valence-electron chi connectivity index (χ3n) is 5.30. The van der Waals surface area contributed by atoms with Gasteiger partial charge in [0.15, 0.2) is 0 Å². The van der Waals surface area contributed by atoms with Gasteiger partial charge in [-0.05, 0) is 57.7 Å². The van der Waals surface area contributed by atoms with Gasteiger partial charge in [0.25, 0.3) is 5.56 Å². The Bertz CT molecular complexity index is 1130. The van der Waals surface area contributed by atoms with Gasteiger partial charge >= 0.3 is 5.97 Å². The molecule has 0 atom stereocenters. The summed E-state index contributed by atoms with van der Waals surface area (Å²) in [7, 11) is 0. The first-order chi connectivity index (χ1) is 13.7. The summed E-state index contributed by atoms with van der Waals surface area (Å²) in [6, 6.07) is 6.19. The Morgan fingerprint density at radius 2 is 1.93 bits per heavy atom. The molecule has 0 aliphatic heterocycles. The zero-order chi connectivity index (χ0) is 21.3. The van der Waals surface area contributed by atoms with Gasteiger partial charge in [-0.15, -0.1) is 11.3 Å². The van der Waals surface area contributed by atoms with E-state index in [0.29, 0.717) is 22.5 Å². The molecule has 0 N–H and O–H groups in total. The van der Waals surface area contributed by atoms with Crippen LogP contribution in [0.5, 0.6) is 0 Å². The Morgan fingerprint density at radius 1 is 1.21 bits per heavy atom. The van der Waals surface area contributed by atoms with E-state index >= 15 is 0 Å². The Kier molecular flexibility index (Phi) is 5.94. The lowest BCUT2D eigenvalue weighted by molar-refractivity contribution is -0.152. The fourth-order valence-electron chi connectivity index (χ4n) is 3.52. The molecule has 2 aromatic heterocycles. The van der Waals surface area contributed by atoms with Gasteiger partial charge < -0.3 is 4.74 Å². The van der Waals surface area contributed by atoms with Gasteiger partial charge in [-0.25, -0.2) is 9.78 Å². The van der Waals surface area contributed by atoms with Crippen LogP contribution in [-0.4, -0.2) is 22.1 Å². The molecule has 0 radical (unpaired) electrons. The molecule has 5 nitrogen and oxygen atoms in total. The first kappa shape index (κ1) is 21.2. The lowest BCUT2D eigenvalue weighted by Crippen LogP contribution is -2.45. The molecule has 0 saturated heterocycles. The molecule has 29 heavy (non-hydrogen) atoms. The highest BCUT2D eigenvalue weighted by Gasteiger charge is 2.35. The quantitative estimate of drug-likeness (QED) is 0.535. The first-order valence-electron chi connectivity index (χ1n) is 10.0. The van der Waals surface area contributed by atoms with E-state index in [1.54, 1.807) is 20.8 Å². The molecule has 0 aliphatic rings. The fourth-order valence-corrected chi connectivity index (χ4v) is 4.48. The Labute approximate surface area is 175 Å². The molecule has 0 saturated carbocycles. The number of fused-ring (bicyclic) bond motifs is 1. The summed E-state index contributed by atoms with van der Waals surface area (Å²) in [5.74, 6) is 0.195. The molecular weight excluding hydrogens is 384 g/mol. The number of hydrogen-bond acceptors (Lipinski definition) is 5. The van der Waals surface area contributed by atoms with Gasteiger partial charge in [-0.1, -0.05) is 25.1 Å². The second kappa shape index (κ2) is 8.11. The summed E-state index contributed by atoms with van der Waals surface area (Å²) < 4.78 is 6.80. The van der Waals surface area contributed by atoms with Crippen molar-refractivity contribution in [3.05, 3.63) is 50.9 Å². The number of carbonyl (C=O) groups is 1. The Balaban J connectivity index is 2.32. The number of rotatable bonds is 6. The zero-order valence-electron chi connectivity index (χ0n) is 18.0. The van der Waals surface area contributed by atoms with Crippen molar-refractivity contribution in [1.29, 1.82) is 0 Å². The van der Waals surface area contributed by atoms with Crippen molar-refractivity contribution >= 4 is 27.5 Å². The van der Waals surface area contributed by atoms with Gasteiger partial charge in [0.2, 0.25) is 0 Å². The highest BCUT2D eigenvalue weighted by Crippen LogP contribution is 2.33. The van der Waals surface area contributed by atoms with E-state index in [2.05, 4.69) is 26.0 Å². The second-order valence-corrected chi connectivity index (χ2v) is 8.68. The molecule has 0 bridgehead atoms. The number of benzene rings is 1. The monoisotopic (exact) mass is 412 g/mol. The highest BCUT2D eigenvalue weighted by molar-refractivity contribution is 7.17. The van der Waals surface area contributed by atoms with Gasteiger partial charge in [0.05, 0.1) is 12.0 Å². The van der Waals surface area contributed by atoms with Gasteiger partial charge in [0, 0.05) is 17.4 Å². The number of carbonyl (C=O) groups excluding carboxylic acids is 1. The average Bonchev–Trinajstić information content (AvgIpc) is 3.08. The highest BCUT2D eigenvalue weighted by atomic mass is 32.1. The molecule has 2 heterocycles. The van der Waals surface area contributed by atoms with Crippen LogP contribution in [0.15, 0.2) is 28.4 Å². The minimum atomic E-state index is -1.14. The van der Waals surface area contributed by atoms with Crippen molar-refractivity contribution in [2.24, 2.45) is 0 Å². The largest absolute Gasteiger partial charge is 0.464 e. The topological polar surface area (TPSA) is 61.2 Å². The van der Waals surface area contributed by atoms with E-state index in [4.69, 9.17) is 9.72 Å². The molecule has 0 aliphatic carbocycles. The van der Waals surface area contributed by atoms with Crippen LogP contribution in [-0.2, 0) is 21.5 Å². The van der Waals surface area contributed by atoms with Crippen molar-refractivity contribution in [2.45, 2.75) is 59.9 Å². The molecular formula is C23H28N2O3S. The van der Waals surface area contributed by atoms with Crippen molar-refractivity contribution in [1.82, 2.24) is 9.55 Å². The lowest BCUT2D eigenvalue weighted by atomic mass is 10.00. The van der Waals surface area contributed by atoms with E-state index in [1.165, 1.54) is 27.0 Å². The van der Waals surface area contributed by atoms with Crippen LogP contribution in [0.1, 0.15) is 51.1 Å². The van der Waals surface area contributed by atoms with E-state index < -0.39 is 11.5 Å². The number of ether oxygens (including phenoxy) is 1. The lowest BCUT2D eigenvalue weighted by Gasteiger charge is -2.27. The van der Waals surface area contributed by atoms with Crippen molar-refractivity contribution in [3.8, 4) is 11.1 Å². The molecule has 1 aromatic carbocycles. The molecule has 154 valence electrons.